The lowest BCUT2D eigenvalue weighted by Gasteiger charge is -2.18. The van der Waals surface area contributed by atoms with Crippen LogP contribution in [0.4, 0.5) is 19.3 Å². The molecule has 0 fully saturated rings. The number of benzene rings is 1. The minimum atomic E-state index is -1.20. The van der Waals surface area contributed by atoms with E-state index in [0.717, 1.165) is 18.2 Å². The molecule has 0 aliphatic heterocycles. The van der Waals surface area contributed by atoms with E-state index in [0.29, 0.717) is 0 Å². The molecule has 1 aromatic carbocycles. The minimum Gasteiger partial charge on any atom is -0.480 e. The van der Waals surface area contributed by atoms with Gasteiger partial charge >= 0.3 is 12.0 Å². The first-order valence-electron chi connectivity index (χ1n) is 5.56. The molecule has 0 unspecified atom stereocenters. The lowest BCUT2D eigenvalue weighted by Crippen LogP contribution is -2.46. The maximum Gasteiger partial charge on any atom is 0.326 e. The lowest BCUT2D eigenvalue weighted by molar-refractivity contribution is -0.140. The van der Waals surface area contributed by atoms with Crippen molar-refractivity contribution in [3.63, 3.8) is 0 Å². The number of carboxylic acids is 1. The molecule has 0 bridgehead atoms. The Bertz CT molecular complexity index is 492. The van der Waals surface area contributed by atoms with Crippen molar-refractivity contribution in [1.29, 1.82) is 0 Å². The molecule has 1 atom stereocenters. The van der Waals surface area contributed by atoms with Crippen molar-refractivity contribution < 1.29 is 23.5 Å². The molecule has 0 aliphatic carbocycles. The number of carbonyl (C=O) groups is 2. The molecule has 2 amide bonds. The monoisotopic (exact) mass is 272 g/mol. The minimum absolute atomic E-state index is 0.347. The number of halogens is 2. The maximum absolute atomic E-state index is 13.3. The number of anilines is 1. The molecular weight excluding hydrogens is 258 g/mol. The summed E-state index contributed by atoms with van der Waals surface area (Å²) < 4.78 is 26.1. The third-order valence-electron chi connectivity index (χ3n) is 2.40. The summed E-state index contributed by atoms with van der Waals surface area (Å²) in [7, 11) is 0. The number of rotatable bonds is 4. The summed E-state index contributed by atoms with van der Waals surface area (Å²) in [6.07, 6.45) is 0. The Balaban J connectivity index is 2.74. The van der Waals surface area contributed by atoms with Crippen molar-refractivity contribution in [2.24, 2.45) is 5.92 Å². The highest BCUT2D eigenvalue weighted by atomic mass is 19.1. The van der Waals surface area contributed by atoms with Gasteiger partial charge in [-0.05, 0) is 18.1 Å². The number of carbonyl (C=O) groups excluding carboxylic acids is 1. The van der Waals surface area contributed by atoms with Gasteiger partial charge in [0.05, 0.1) is 5.69 Å². The van der Waals surface area contributed by atoms with E-state index in [4.69, 9.17) is 5.11 Å². The van der Waals surface area contributed by atoms with Gasteiger partial charge in [0, 0.05) is 6.07 Å². The summed E-state index contributed by atoms with van der Waals surface area (Å²) in [6.45, 7) is 3.23. The second kappa shape index (κ2) is 6.12. The summed E-state index contributed by atoms with van der Waals surface area (Å²) in [5.41, 5.74) is -0.356. The second-order valence-corrected chi connectivity index (χ2v) is 4.28. The molecule has 0 saturated heterocycles. The normalized spacial score (nSPS) is 12.1. The second-order valence-electron chi connectivity index (χ2n) is 4.28. The van der Waals surface area contributed by atoms with E-state index in [1.807, 2.05) is 0 Å². The van der Waals surface area contributed by atoms with Crippen LogP contribution in [0.2, 0.25) is 0 Å². The largest absolute Gasteiger partial charge is 0.480 e. The van der Waals surface area contributed by atoms with E-state index < -0.39 is 29.7 Å². The number of hydrogen-bond donors (Lipinski definition) is 3. The van der Waals surface area contributed by atoms with Gasteiger partial charge in [-0.2, -0.15) is 0 Å². The number of hydrogen-bond acceptors (Lipinski definition) is 2. The van der Waals surface area contributed by atoms with E-state index >= 15 is 0 Å². The molecule has 0 spiro atoms. The summed E-state index contributed by atoms with van der Waals surface area (Å²) in [5, 5.41) is 13.1. The fourth-order valence-electron chi connectivity index (χ4n) is 1.41. The number of aliphatic carboxylic acids is 1. The first-order chi connectivity index (χ1) is 8.81. The SMILES string of the molecule is CC(C)[C@@H](NC(=O)Nc1cc(F)ccc1F)C(=O)O. The summed E-state index contributed by atoms with van der Waals surface area (Å²) in [6, 6.07) is 0.552. The number of urea groups is 1. The summed E-state index contributed by atoms with van der Waals surface area (Å²) >= 11 is 0. The van der Waals surface area contributed by atoms with Gasteiger partial charge < -0.3 is 15.7 Å². The van der Waals surface area contributed by atoms with Gasteiger partial charge in [-0.1, -0.05) is 13.8 Å². The van der Waals surface area contributed by atoms with Gasteiger partial charge in [0.15, 0.2) is 0 Å². The van der Waals surface area contributed by atoms with Crippen molar-refractivity contribution in [3.05, 3.63) is 29.8 Å². The zero-order valence-electron chi connectivity index (χ0n) is 10.4. The Morgan fingerprint density at radius 2 is 1.89 bits per heavy atom. The first-order valence-corrected chi connectivity index (χ1v) is 5.56. The highest BCUT2D eigenvalue weighted by Gasteiger charge is 2.23. The van der Waals surface area contributed by atoms with Gasteiger partial charge in [0.1, 0.15) is 17.7 Å². The third kappa shape index (κ3) is 4.20. The molecule has 3 N–H and O–H groups in total. The molecule has 0 aliphatic rings. The highest BCUT2D eigenvalue weighted by Crippen LogP contribution is 2.15. The van der Waals surface area contributed by atoms with Crippen LogP contribution in [0, 0.1) is 17.6 Å². The van der Waals surface area contributed by atoms with Crippen molar-refractivity contribution >= 4 is 17.7 Å². The van der Waals surface area contributed by atoms with Crippen molar-refractivity contribution in [1.82, 2.24) is 5.32 Å². The Hall–Kier alpha value is -2.18. The molecular formula is C12H14F2N2O3. The molecule has 0 heterocycles. The quantitative estimate of drug-likeness (QED) is 0.786. The van der Waals surface area contributed by atoms with Crippen LogP contribution in [0.5, 0.6) is 0 Å². The molecule has 104 valence electrons. The molecule has 19 heavy (non-hydrogen) atoms. The highest BCUT2D eigenvalue weighted by molar-refractivity contribution is 5.92. The van der Waals surface area contributed by atoms with Crippen LogP contribution >= 0.6 is 0 Å². The zero-order valence-corrected chi connectivity index (χ0v) is 10.4. The molecule has 0 aromatic heterocycles. The maximum atomic E-state index is 13.3. The summed E-state index contributed by atoms with van der Waals surface area (Å²) in [5.74, 6) is -3.08. The molecule has 1 aromatic rings. The average Bonchev–Trinajstić information content (AvgIpc) is 2.30. The van der Waals surface area contributed by atoms with Crippen LogP contribution < -0.4 is 10.6 Å². The van der Waals surface area contributed by atoms with Crippen molar-refractivity contribution in [2.75, 3.05) is 5.32 Å². The van der Waals surface area contributed by atoms with Gasteiger partial charge in [0.2, 0.25) is 0 Å². The van der Waals surface area contributed by atoms with Crippen LogP contribution in [0.3, 0.4) is 0 Å². The molecule has 5 nitrogen and oxygen atoms in total. The lowest BCUT2D eigenvalue weighted by atomic mass is 10.1. The van der Waals surface area contributed by atoms with Crippen LogP contribution in [-0.4, -0.2) is 23.1 Å². The van der Waals surface area contributed by atoms with Gasteiger partial charge in [-0.15, -0.1) is 0 Å². The van der Waals surface area contributed by atoms with Crippen molar-refractivity contribution in [3.8, 4) is 0 Å². The summed E-state index contributed by atoms with van der Waals surface area (Å²) in [4.78, 5) is 22.4. The van der Waals surface area contributed by atoms with Crippen LogP contribution in [0.25, 0.3) is 0 Å². The zero-order chi connectivity index (χ0) is 14.6. The van der Waals surface area contributed by atoms with Crippen LogP contribution in [0.1, 0.15) is 13.8 Å². The molecule has 0 radical (unpaired) electrons. The Morgan fingerprint density at radius 3 is 2.42 bits per heavy atom. The fourth-order valence-corrected chi connectivity index (χ4v) is 1.41. The Labute approximate surface area is 108 Å². The van der Waals surface area contributed by atoms with Crippen LogP contribution in [-0.2, 0) is 4.79 Å². The number of nitrogens with one attached hydrogen (secondary N) is 2. The topological polar surface area (TPSA) is 78.4 Å². The van der Waals surface area contributed by atoms with E-state index in [1.54, 1.807) is 13.8 Å². The van der Waals surface area contributed by atoms with E-state index in [2.05, 4.69) is 10.6 Å². The smallest absolute Gasteiger partial charge is 0.326 e. The van der Waals surface area contributed by atoms with Gasteiger partial charge in [-0.3, -0.25) is 0 Å². The van der Waals surface area contributed by atoms with Gasteiger partial charge in [0.25, 0.3) is 0 Å². The molecule has 7 heteroatoms. The van der Waals surface area contributed by atoms with Gasteiger partial charge in [-0.25, -0.2) is 18.4 Å². The third-order valence-corrected chi connectivity index (χ3v) is 2.40. The van der Waals surface area contributed by atoms with E-state index in [1.165, 1.54) is 0 Å². The van der Waals surface area contributed by atoms with E-state index in [9.17, 15) is 18.4 Å². The van der Waals surface area contributed by atoms with E-state index in [-0.39, 0.29) is 11.6 Å². The number of carboxylic acid groups (broad SMARTS) is 1. The number of amides is 2. The van der Waals surface area contributed by atoms with Crippen LogP contribution in [0.15, 0.2) is 18.2 Å². The molecule has 0 saturated carbocycles. The Kier molecular flexibility index (Phi) is 4.80. The van der Waals surface area contributed by atoms with Crippen molar-refractivity contribution in [2.45, 2.75) is 19.9 Å². The molecule has 1 rings (SSSR count). The predicted octanol–water partition coefficient (Wildman–Crippen LogP) is 2.20. The fraction of sp³-hybridized carbons (Fsp3) is 0.333. The Morgan fingerprint density at radius 1 is 1.26 bits per heavy atom. The average molecular weight is 272 g/mol. The first kappa shape index (κ1) is 14.9. The predicted molar refractivity (Wildman–Crippen MR) is 64.8 cm³/mol. The standard InChI is InChI=1S/C12H14F2N2O3/c1-6(2)10(11(17)18)16-12(19)15-9-5-7(13)3-4-8(9)14/h3-6,10H,1-2H3,(H,17,18)(H2,15,16,19)/t10-/m1/s1.